The minimum absolute atomic E-state index is 0.670. The fourth-order valence-electron chi connectivity index (χ4n) is 2.67. The molecule has 0 bridgehead atoms. The molecule has 0 atom stereocenters. The zero-order valence-corrected chi connectivity index (χ0v) is 17.0. The van der Waals surface area contributed by atoms with Gasteiger partial charge in [0, 0.05) is 17.5 Å². The Morgan fingerprint density at radius 3 is 2.63 bits per heavy atom. The molecule has 0 fully saturated rings. The normalized spacial score (nSPS) is 12.5. The Bertz CT molecular complexity index is 1030. The summed E-state index contributed by atoms with van der Waals surface area (Å²) in [6, 6.07) is 9.55. The maximum Gasteiger partial charge on any atom is 0.206 e. The lowest BCUT2D eigenvalue weighted by Crippen LogP contribution is -2.14. The van der Waals surface area contributed by atoms with Gasteiger partial charge in [-0.1, -0.05) is 0 Å². The summed E-state index contributed by atoms with van der Waals surface area (Å²) in [5, 5.41) is 6.81. The van der Waals surface area contributed by atoms with Crippen LogP contribution in [-0.2, 0) is 0 Å². The van der Waals surface area contributed by atoms with Crippen LogP contribution in [0.1, 0.15) is 25.4 Å². The van der Waals surface area contributed by atoms with Crippen molar-refractivity contribution in [1.82, 2.24) is 4.68 Å². The van der Waals surface area contributed by atoms with Crippen LogP contribution in [0.2, 0.25) is 0 Å². The summed E-state index contributed by atoms with van der Waals surface area (Å²) in [5.41, 5.74) is 2.53. The molecule has 3 aromatic rings. The standard InChI is InChI=1S/C20H23N3O3S/c1-6-21-20-23(22-14(3)18-9-7-13(2)26-18)17(12-27-20)16-11-15(24-4)8-10-19(16)25-5/h7-12H,6H2,1-5H3. The van der Waals surface area contributed by atoms with E-state index in [9.17, 15) is 0 Å². The Labute approximate surface area is 162 Å². The van der Waals surface area contributed by atoms with E-state index in [4.69, 9.17) is 19.0 Å². The van der Waals surface area contributed by atoms with Crippen molar-refractivity contribution in [2.75, 3.05) is 20.8 Å². The number of hydrogen-bond acceptors (Lipinski definition) is 6. The van der Waals surface area contributed by atoms with Crippen LogP contribution in [0.4, 0.5) is 0 Å². The van der Waals surface area contributed by atoms with Gasteiger partial charge in [-0.15, -0.1) is 11.3 Å². The molecule has 0 spiro atoms. The minimum Gasteiger partial charge on any atom is -0.497 e. The predicted molar refractivity (Wildman–Crippen MR) is 108 cm³/mol. The number of hydrogen-bond donors (Lipinski definition) is 0. The molecule has 0 N–H and O–H groups in total. The van der Waals surface area contributed by atoms with Crippen LogP contribution < -0.4 is 14.3 Å². The molecule has 0 aliphatic rings. The van der Waals surface area contributed by atoms with E-state index in [0.29, 0.717) is 6.54 Å². The van der Waals surface area contributed by atoms with Gasteiger partial charge < -0.3 is 13.9 Å². The lowest BCUT2D eigenvalue weighted by molar-refractivity contribution is 0.404. The quantitative estimate of drug-likeness (QED) is 0.594. The molecule has 2 heterocycles. The van der Waals surface area contributed by atoms with Gasteiger partial charge >= 0.3 is 0 Å². The second kappa shape index (κ2) is 8.26. The van der Waals surface area contributed by atoms with Crippen molar-refractivity contribution in [3.63, 3.8) is 0 Å². The van der Waals surface area contributed by atoms with Crippen LogP contribution in [-0.4, -0.2) is 31.2 Å². The van der Waals surface area contributed by atoms with Gasteiger partial charge in [0.1, 0.15) is 28.7 Å². The molecule has 0 radical (unpaired) electrons. The average Bonchev–Trinajstić information content (AvgIpc) is 3.28. The Morgan fingerprint density at radius 1 is 1.19 bits per heavy atom. The van der Waals surface area contributed by atoms with Gasteiger partial charge in [0.2, 0.25) is 4.80 Å². The molecule has 27 heavy (non-hydrogen) atoms. The number of ether oxygens (including phenoxy) is 2. The van der Waals surface area contributed by atoms with Gasteiger partial charge in [-0.25, -0.2) is 4.68 Å². The van der Waals surface area contributed by atoms with E-state index in [-0.39, 0.29) is 0 Å². The molecule has 0 saturated heterocycles. The van der Waals surface area contributed by atoms with Crippen molar-refractivity contribution >= 4 is 17.0 Å². The fraction of sp³-hybridized carbons (Fsp3) is 0.300. The number of aromatic nitrogens is 1. The second-order valence-electron chi connectivity index (χ2n) is 5.85. The van der Waals surface area contributed by atoms with Crippen molar-refractivity contribution < 1.29 is 13.9 Å². The molecule has 2 aromatic heterocycles. The Hall–Kier alpha value is -2.80. The third-order valence-corrected chi connectivity index (χ3v) is 4.86. The number of thiazole rings is 1. The Kier molecular flexibility index (Phi) is 5.81. The summed E-state index contributed by atoms with van der Waals surface area (Å²) in [5.74, 6) is 3.08. The smallest absolute Gasteiger partial charge is 0.206 e. The summed E-state index contributed by atoms with van der Waals surface area (Å²) in [7, 11) is 3.30. The van der Waals surface area contributed by atoms with E-state index >= 15 is 0 Å². The first kappa shape index (κ1) is 19.0. The molecular weight excluding hydrogens is 362 g/mol. The van der Waals surface area contributed by atoms with Crippen molar-refractivity contribution in [3.05, 3.63) is 52.0 Å². The van der Waals surface area contributed by atoms with E-state index in [2.05, 4.69) is 4.99 Å². The maximum atomic E-state index is 5.70. The number of methoxy groups -OCH3 is 2. The minimum atomic E-state index is 0.670. The molecule has 0 aliphatic heterocycles. The van der Waals surface area contributed by atoms with Crippen LogP contribution in [0.5, 0.6) is 11.5 Å². The highest BCUT2D eigenvalue weighted by atomic mass is 32.1. The topological polar surface area (TPSA) is 61.2 Å². The monoisotopic (exact) mass is 385 g/mol. The first-order valence-electron chi connectivity index (χ1n) is 8.63. The third-order valence-electron chi connectivity index (χ3n) is 4.01. The molecule has 7 heteroatoms. The lowest BCUT2D eigenvalue weighted by Gasteiger charge is -2.11. The molecule has 0 amide bonds. The summed E-state index contributed by atoms with van der Waals surface area (Å²) in [6.07, 6.45) is 0. The van der Waals surface area contributed by atoms with Crippen molar-refractivity contribution in [2.24, 2.45) is 10.1 Å². The van der Waals surface area contributed by atoms with Gasteiger partial charge in [0.25, 0.3) is 0 Å². The van der Waals surface area contributed by atoms with Gasteiger partial charge in [0.05, 0.1) is 19.9 Å². The van der Waals surface area contributed by atoms with Crippen molar-refractivity contribution in [1.29, 1.82) is 0 Å². The van der Waals surface area contributed by atoms with Gasteiger partial charge in [-0.2, -0.15) is 5.10 Å². The summed E-state index contributed by atoms with van der Waals surface area (Å²) < 4.78 is 18.5. The number of benzene rings is 1. The number of nitrogens with zero attached hydrogens (tertiary/aromatic N) is 3. The fourth-order valence-corrected chi connectivity index (χ4v) is 3.55. The predicted octanol–water partition coefficient (Wildman–Crippen LogP) is 4.33. The molecular formula is C20H23N3O3S. The zero-order chi connectivity index (χ0) is 19.4. The Balaban J connectivity index is 2.20. The molecule has 3 rings (SSSR count). The molecule has 0 aliphatic carbocycles. The summed E-state index contributed by atoms with van der Waals surface area (Å²) in [6.45, 7) is 6.51. The highest BCUT2D eigenvalue weighted by Gasteiger charge is 2.15. The van der Waals surface area contributed by atoms with Gasteiger partial charge in [-0.05, 0) is 51.1 Å². The zero-order valence-electron chi connectivity index (χ0n) is 16.1. The SMILES string of the molecule is CCN=c1scc(-c2cc(OC)ccc2OC)n1N=C(C)c1ccc(C)o1. The van der Waals surface area contributed by atoms with Gasteiger partial charge in [0.15, 0.2) is 0 Å². The molecule has 1 aromatic carbocycles. The Morgan fingerprint density at radius 2 is 2.00 bits per heavy atom. The molecule has 6 nitrogen and oxygen atoms in total. The highest BCUT2D eigenvalue weighted by molar-refractivity contribution is 7.07. The van der Waals surface area contributed by atoms with Crippen LogP contribution in [0.15, 0.2) is 50.2 Å². The number of furan rings is 1. The average molecular weight is 385 g/mol. The highest BCUT2D eigenvalue weighted by Crippen LogP contribution is 2.33. The third kappa shape index (κ3) is 3.98. The van der Waals surface area contributed by atoms with Gasteiger partial charge in [-0.3, -0.25) is 4.99 Å². The summed E-state index contributed by atoms with van der Waals surface area (Å²) >= 11 is 1.53. The van der Waals surface area contributed by atoms with Crippen LogP contribution >= 0.6 is 11.3 Å². The second-order valence-corrected chi connectivity index (χ2v) is 6.69. The van der Waals surface area contributed by atoms with E-state index in [1.54, 1.807) is 14.2 Å². The lowest BCUT2D eigenvalue weighted by atomic mass is 10.1. The van der Waals surface area contributed by atoms with Crippen LogP contribution in [0.3, 0.4) is 0 Å². The first-order chi connectivity index (χ1) is 13.1. The largest absolute Gasteiger partial charge is 0.497 e. The first-order valence-corrected chi connectivity index (χ1v) is 9.51. The van der Waals surface area contributed by atoms with E-state index in [1.807, 2.05) is 61.2 Å². The van der Waals surface area contributed by atoms with Crippen LogP contribution in [0, 0.1) is 6.92 Å². The summed E-state index contributed by atoms with van der Waals surface area (Å²) in [4.78, 5) is 5.38. The van der Waals surface area contributed by atoms with Crippen molar-refractivity contribution in [3.8, 4) is 22.8 Å². The molecule has 0 saturated carbocycles. The van der Waals surface area contributed by atoms with E-state index in [1.165, 1.54) is 11.3 Å². The van der Waals surface area contributed by atoms with E-state index in [0.717, 1.165) is 44.8 Å². The van der Waals surface area contributed by atoms with Crippen molar-refractivity contribution in [2.45, 2.75) is 20.8 Å². The molecule has 142 valence electrons. The number of rotatable bonds is 6. The molecule has 0 unspecified atom stereocenters. The maximum absolute atomic E-state index is 5.70. The number of aryl methyl sites for hydroxylation is 1. The van der Waals surface area contributed by atoms with E-state index < -0.39 is 0 Å². The van der Waals surface area contributed by atoms with Crippen LogP contribution in [0.25, 0.3) is 11.3 Å².